The molecule has 6 heteroatoms. The van der Waals surface area contributed by atoms with Crippen LogP contribution in [-0.4, -0.2) is 45.7 Å². The molecule has 3 atom stereocenters. The van der Waals surface area contributed by atoms with Crippen molar-refractivity contribution in [2.75, 3.05) is 5.75 Å². The minimum absolute atomic E-state index is 0.0225. The first-order chi connectivity index (χ1) is 15.0. The molecule has 4 rings (SSSR count). The molecule has 2 saturated heterocycles. The normalized spacial score (nSPS) is 23.2. The molecule has 0 unspecified atom stereocenters. The second-order valence-electron chi connectivity index (χ2n) is 8.27. The molecule has 2 fully saturated rings. The standard InChI is InChI=1S/C25H28N2O3S/c1-17(28)22-16-31-24-9-5-8-21(25(30)27(22)24)26-23(29)15-12-18-10-13-20(14-11-18)19-6-3-2-4-7-19/h2-4,6-7,10-11,13-14,21-22,24H,5,8-9,12,15-16H2,1H3,(H,26,29)/t21-,22-,24+/m0/s1. The summed E-state index contributed by atoms with van der Waals surface area (Å²) in [6, 6.07) is 17.5. The Kier molecular flexibility index (Phi) is 6.76. The lowest BCUT2D eigenvalue weighted by Crippen LogP contribution is -2.52. The number of ketones is 1. The smallest absolute Gasteiger partial charge is 0.246 e. The third-order valence-electron chi connectivity index (χ3n) is 6.10. The van der Waals surface area contributed by atoms with E-state index in [2.05, 4.69) is 41.7 Å². The van der Waals surface area contributed by atoms with Crippen molar-refractivity contribution >= 4 is 29.4 Å². The Bertz CT molecular complexity index is 945. The summed E-state index contributed by atoms with van der Waals surface area (Å²) in [4.78, 5) is 39.4. The summed E-state index contributed by atoms with van der Waals surface area (Å²) in [5.41, 5.74) is 3.41. The highest BCUT2D eigenvalue weighted by molar-refractivity contribution is 8.00. The highest BCUT2D eigenvalue weighted by Crippen LogP contribution is 2.36. The molecule has 0 spiro atoms. The number of benzene rings is 2. The summed E-state index contributed by atoms with van der Waals surface area (Å²) in [6.45, 7) is 1.54. The van der Waals surface area contributed by atoms with Crippen LogP contribution >= 0.6 is 11.8 Å². The zero-order valence-electron chi connectivity index (χ0n) is 17.8. The van der Waals surface area contributed by atoms with Gasteiger partial charge < -0.3 is 10.2 Å². The molecule has 2 aromatic rings. The van der Waals surface area contributed by atoms with E-state index in [0.29, 0.717) is 25.0 Å². The lowest BCUT2D eigenvalue weighted by Gasteiger charge is -2.29. The number of nitrogens with one attached hydrogen (secondary N) is 1. The van der Waals surface area contributed by atoms with Crippen molar-refractivity contribution in [3.63, 3.8) is 0 Å². The largest absolute Gasteiger partial charge is 0.344 e. The lowest BCUT2D eigenvalue weighted by molar-refractivity contribution is -0.141. The average Bonchev–Trinajstić information content (AvgIpc) is 3.15. The summed E-state index contributed by atoms with van der Waals surface area (Å²) in [5, 5.41) is 3.00. The van der Waals surface area contributed by atoms with E-state index in [0.717, 1.165) is 24.0 Å². The third kappa shape index (κ3) is 5.01. The summed E-state index contributed by atoms with van der Waals surface area (Å²) < 4.78 is 0. The molecule has 2 amide bonds. The van der Waals surface area contributed by atoms with Gasteiger partial charge in [-0.2, -0.15) is 0 Å². The second-order valence-corrected chi connectivity index (χ2v) is 9.48. The SMILES string of the molecule is CC(=O)[C@@H]1CS[C@@H]2CCC[C@H](NC(=O)CCc3ccc(-c4ccccc4)cc3)C(=O)N21. The number of amides is 2. The van der Waals surface area contributed by atoms with Crippen molar-refractivity contribution in [1.82, 2.24) is 10.2 Å². The molecule has 0 radical (unpaired) electrons. The van der Waals surface area contributed by atoms with Crippen LogP contribution < -0.4 is 5.32 Å². The summed E-state index contributed by atoms with van der Waals surface area (Å²) >= 11 is 1.68. The quantitative estimate of drug-likeness (QED) is 0.748. The van der Waals surface area contributed by atoms with Gasteiger partial charge in [0.1, 0.15) is 12.1 Å². The van der Waals surface area contributed by atoms with Crippen LogP contribution in [0.5, 0.6) is 0 Å². The molecule has 0 aromatic heterocycles. The van der Waals surface area contributed by atoms with Gasteiger partial charge in [0.2, 0.25) is 11.8 Å². The number of Topliss-reactive ketones (excluding diaryl/α,β-unsaturated/α-hetero) is 1. The van der Waals surface area contributed by atoms with Gasteiger partial charge in [0, 0.05) is 12.2 Å². The number of carbonyl (C=O) groups excluding carboxylic acids is 3. The molecule has 1 N–H and O–H groups in total. The zero-order valence-corrected chi connectivity index (χ0v) is 18.6. The number of hydrogen-bond acceptors (Lipinski definition) is 4. The van der Waals surface area contributed by atoms with Crippen LogP contribution in [0.15, 0.2) is 54.6 Å². The first-order valence-corrected chi connectivity index (χ1v) is 12.0. The fourth-order valence-corrected chi connectivity index (χ4v) is 5.89. The van der Waals surface area contributed by atoms with Gasteiger partial charge in [0.15, 0.2) is 5.78 Å². The Morgan fingerprint density at radius 1 is 1.03 bits per heavy atom. The van der Waals surface area contributed by atoms with Crippen LogP contribution in [0, 0.1) is 0 Å². The molecule has 31 heavy (non-hydrogen) atoms. The van der Waals surface area contributed by atoms with Gasteiger partial charge in [-0.3, -0.25) is 14.4 Å². The van der Waals surface area contributed by atoms with E-state index in [1.165, 1.54) is 5.56 Å². The first-order valence-electron chi connectivity index (χ1n) is 10.9. The minimum atomic E-state index is -0.529. The van der Waals surface area contributed by atoms with Gasteiger partial charge in [0.25, 0.3) is 0 Å². The van der Waals surface area contributed by atoms with Crippen LogP contribution in [0.3, 0.4) is 0 Å². The van der Waals surface area contributed by atoms with Crippen molar-refractivity contribution in [2.24, 2.45) is 0 Å². The fourth-order valence-electron chi connectivity index (χ4n) is 4.35. The highest BCUT2D eigenvalue weighted by atomic mass is 32.2. The summed E-state index contributed by atoms with van der Waals surface area (Å²) in [6.07, 6.45) is 3.34. The molecular formula is C25H28N2O3S. The topological polar surface area (TPSA) is 66.5 Å². The summed E-state index contributed by atoms with van der Waals surface area (Å²) in [5.74, 6) is 0.462. The van der Waals surface area contributed by atoms with Gasteiger partial charge in [-0.15, -0.1) is 11.8 Å². The monoisotopic (exact) mass is 436 g/mol. The maximum Gasteiger partial charge on any atom is 0.246 e. The maximum absolute atomic E-state index is 13.1. The van der Waals surface area contributed by atoms with Crippen LogP contribution in [0.25, 0.3) is 11.1 Å². The number of fused-ring (bicyclic) bond motifs is 1. The third-order valence-corrected chi connectivity index (χ3v) is 7.45. The second kappa shape index (κ2) is 9.69. The Balaban J connectivity index is 1.33. The van der Waals surface area contributed by atoms with E-state index < -0.39 is 6.04 Å². The van der Waals surface area contributed by atoms with Crippen LogP contribution in [0.2, 0.25) is 0 Å². The lowest BCUT2D eigenvalue weighted by atomic mass is 10.0. The van der Waals surface area contributed by atoms with Crippen molar-refractivity contribution in [3.05, 3.63) is 60.2 Å². The Labute approximate surface area is 187 Å². The van der Waals surface area contributed by atoms with E-state index in [-0.39, 0.29) is 29.0 Å². The number of carbonyl (C=O) groups is 3. The minimum Gasteiger partial charge on any atom is -0.344 e. The maximum atomic E-state index is 13.1. The van der Waals surface area contributed by atoms with Crippen molar-refractivity contribution < 1.29 is 14.4 Å². The van der Waals surface area contributed by atoms with Gasteiger partial charge in [-0.1, -0.05) is 54.6 Å². The van der Waals surface area contributed by atoms with Crippen molar-refractivity contribution in [1.29, 1.82) is 0 Å². The molecule has 2 aliphatic heterocycles. The van der Waals surface area contributed by atoms with Crippen LogP contribution in [0.1, 0.15) is 38.2 Å². The van der Waals surface area contributed by atoms with Crippen LogP contribution in [-0.2, 0) is 20.8 Å². The highest BCUT2D eigenvalue weighted by Gasteiger charge is 2.43. The van der Waals surface area contributed by atoms with Gasteiger partial charge in [-0.25, -0.2) is 0 Å². The molecule has 2 aliphatic rings. The molecule has 0 aliphatic carbocycles. The Morgan fingerprint density at radius 2 is 1.74 bits per heavy atom. The zero-order chi connectivity index (χ0) is 21.8. The first kappa shape index (κ1) is 21.6. The predicted molar refractivity (Wildman–Crippen MR) is 124 cm³/mol. The molecule has 2 aromatic carbocycles. The number of nitrogens with zero attached hydrogens (tertiary/aromatic N) is 1. The number of thioether (sulfide) groups is 1. The average molecular weight is 437 g/mol. The number of hydrogen-bond donors (Lipinski definition) is 1. The molecule has 0 saturated carbocycles. The van der Waals surface area contributed by atoms with Crippen molar-refractivity contribution in [3.8, 4) is 11.1 Å². The molecular weight excluding hydrogens is 408 g/mol. The Hall–Kier alpha value is -2.60. The van der Waals surface area contributed by atoms with E-state index in [1.807, 2.05) is 18.2 Å². The number of rotatable bonds is 6. The van der Waals surface area contributed by atoms with E-state index in [9.17, 15) is 14.4 Å². The molecule has 162 valence electrons. The number of aryl methyl sites for hydroxylation is 1. The van der Waals surface area contributed by atoms with E-state index >= 15 is 0 Å². The predicted octanol–water partition coefficient (Wildman–Crippen LogP) is 3.81. The molecule has 0 bridgehead atoms. The van der Waals surface area contributed by atoms with Gasteiger partial charge in [-0.05, 0) is 49.3 Å². The van der Waals surface area contributed by atoms with Gasteiger partial charge >= 0.3 is 0 Å². The van der Waals surface area contributed by atoms with Crippen molar-refractivity contribution in [2.45, 2.75) is 56.5 Å². The molecule has 2 heterocycles. The van der Waals surface area contributed by atoms with E-state index in [4.69, 9.17) is 0 Å². The Morgan fingerprint density at radius 3 is 2.45 bits per heavy atom. The molecule has 5 nitrogen and oxygen atoms in total. The van der Waals surface area contributed by atoms with E-state index in [1.54, 1.807) is 23.6 Å². The summed E-state index contributed by atoms with van der Waals surface area (Å²) in [7, 11) is 0. The fraction of sp³-hybridized carbons (Fsp3) is 0.400. The van der Waals surface area contributed by atoms with Crippen LogP contribution in [0.4, 0.5) is 0 Å². The van der Waals surface area contributed by atoms with Gasteiger partial charge in [0.05, 0.1) is 5.37 Å².